The molecule has 3 atom stereocenters. The van der Waals surface area contributed by atoms with Gasteiger partial charge in [-0.1, -0.05) is 6.08 Å². The molecule has 3 N–H and O–H groups in total. The molecule has 0 radical (unpaired) electrons. The zero-order chi connectivity index (χ0) is 15.0. The van der Waals surface area contributed by atoms with Crippen LogP contribution in [0.1, 0.15) is 12.8 Å². The lowest BCUT2D eigenvalue weighted by molar-refractivity contribution is 0.0475. The van der Waals surface area contributed by atoms with E-state index in [-0.39, 0.29) is 25.1 Å². The first-order valence-corrected chi connectivity index (χ1v) is 8.11. The summed E-state index contributed by atoms with van der Waals surface area (Å²) in [7, 11) is -5.46. The van der Waals surface area contributed by atoms with E-state index in [1.165, 1.54) is 4.90 Å². The minimum absolute atomic E-state index is 0.174. The Balaban J connectivity index is 2.36. The minimum atomic E-state index is -2.73. The van der Waals surface area contributed by atoms with Gasteiger partial charge in [-0.15, -0.1) is 18.8 Å². The Bertz CT molecular complexity index is 394. The second kappa shape index (κ2) is 9.26. The second-order valence-electron chi connectivity index (χ2n) is 4.16. The Morgan fingerprint density at radius 1 is 1.25 bits per heavy atom. The molecular weight excluding hydrogens is 308 g/mol. The summed E-state index contributed by atoms with van der Waals surface area (Å²) in [6, 6.07) is 0. The van der Waals surface area contributed by atoms with Crippen LogP contribution in [0.2, 0.25) is 0 Å². The monoisotopic (exact) mass is 325 g/mol. The SMILES string of the molecule is O=[P+](O)OCN(CC[C@@H]1C=CC(O)=CC1)CO[P+](=O)O. The van der Waals surface area contributed by atoms with Gasteiger partial charge in [0.05, 0.1) is 0 Å². The van der Waals surface area contributed by atoms with E-state index < -0.39 is 16.5 Å². The summed E-state index contributed by atoms with van der Waals surface area (Å²) in [4.78, 5) is 18.7. The van der Waals surface area contributed by atoms with Crippen LogP contribution in [-0.2, 0) is 18.2 Å². The zero-order valence-electron chi connectivity index (χ0n) is 10.7. The van der Waals surface area contributed by atoms with E-state index >= 15 is 0 Å². The third-order valence-electron chi connectivity index (χ3n) is 2.69. The molecule has 112 valence electrons. The van der Waals surface area contributed by atoms with Gasteiger partial charge in [-0.3, -0.25) is 0 Å². The van der Waals surface area contributed by atoms with Crippen LogP contribution in [0.5, 0.6) is 0 Å². The molecule has 1 aliphatic rings. The van der Waals surface area contributed by atoms with Crippen molar-refractivity contribution in [3.8, 4) is 0 Å². The molecule has 0 saturated carbocycles. The maximum Gasteiger partial charge on any atom is 0.696 e. The number of nitrogens with zero attached hydrogens (tertiary/aromatic N) is 1. The fourth-order valence-electron chi connectivity index (χ4n) is 1.64. The van der Waals surface area contributed by atoms with E-state index in [1.807, 2.05) is 6.08 Å². The standard InChI is InChI=1S/C10H15NO7P2/c12-10-3-1-9(2-4-10)5-6-11(7-17-19(13)14)8-18-20(15)16/h1,3-4,9H,2,5-8H2,(H-2,12,13,14,15,16)/p+2/t9-/m1/s1. The van der Waals surface area contributed by atoms with Crippen molar-refractivity contribution in [2.45, 2.75) is 12.8 Å². The third-order valence-corrected chi connectivity index (χ3v) is 3.36. The molecule has 0 aromatic carbocycles. The molecule has 20 heavy (non-hydrogen) atoms. The van der Waals surface area contributed by atoms with Gasteiger partial charge in [-0.2, -0.15) is 0 Å². The van der Waals surface area contributed by atoms with Gasteiger partial charge in [0.15, 0.2) is 13.5 Å². The summed E-state index contributed by atoms with van der Waals surface area (Å²) in [5.74, 6) is 0.457. The van der Waals surface area contributed by atoms with Crippen molar-refractivity contribution < 1.29 is 33.1 Å². The fourth-order valence-corrected chi connectivity index (χ4v) is 2.17. The van der Waals surface area contributed by atoms with E-state index in [9.17, 15) is 14.2 Å². The molecule has 0 amide bonds. The quantitative estimate of drug-likeness (QED) is 0.435. The summed E-state index contributed by atoms with van der Waals surface area (Å²) in [5, 5.41) is 9.20. The molecule has 2 unspecified atom stereocenters. The number of hydrogen-bond acceptors (Lipinski definition) is 6. The summed E-state index contributed by atoms with van der Waals surface area (Å²) in [6.07, 6.45) is 6.57. The molecule has 0 aromatic heterocycles. The maximum absolute atomic E-state index is 10.5. The van der Waals surface area contributed by atoms with Gasteiger partial charge in [0.25, 0.3) is 0 Å². The van der Waals surface area contributed by atoms with Crippen molar-refractivity contribution in [1.29, 1.82) is 0 Å². The first-order chi connectivity index (χ1) is 9.47. The highest BCUT2D eigenvalue weighted by atomic mass is 31.1. The highest BCUT2D eigenvalue weighted by Crippen LogP contribution is 2.21. The van der Waals surface area contributed by atoms with Crippen molar-refractivity contribution in [2.75, 3.05) is 20.0 Å². The van der Waals surface area contributed by atoms with Gasteiger partial charge in [0, 0.05) is 15.7 Å². The van der Waals surface area contributed by atoms with Crippen LogP contribution in [-0.4, -0.2) is 39.8 Å². The predicted molar refractivity (Wildman–Crippen MR) is 70.8 cm³/mol. The van der Waals surface area contributed by atoms with Crippen LogP contribution in [0.25, 0.3) is 0 Å². The van der Waals surface area contributed by atoms with Crippen molar-refractivity contribution in [1.82, 2.24) is 4.90 Å². The van der Waals surface area contributed by atoms with Gasteiger partial charge < -0.3 is 5.11 Å². The number of aliphatic hydroxyl groups excluding tert-OH is 1. The summed E-state index contributed by atoms with van der Waals surface area (Å²) in [5.41, 5.74) is 0. The Hall–Kier alpha value is -0.720. The first-order valence-electron chi connectivity index (χ1n) is 5.85. The smallest absolute Gasteiger partial charge is 0.508 e. The number of hydrogen-bond donors (Lipinski definition) is 3. The van der Waals surface area contributed by atoms with Crippen LogP contribution in [0, 0.1) is 5.92 Å². The van der Waals surface area contributed by atoms with Crippen LogP contribution in [0.3, 0.4) is 0 Å². The molecule has 10 heteroatoms. The van der Waals surface area contributed by atoms with Crippen molar-refractivity contribution in [3.63, 3.8) is 0 Å². The summed E-state index contributed by atoms with van der Waals surface area (Å²) in [6.45, 7) is 0.106. The Morgan fingerprint density at radius 2 is 1.85 bits per heavy atom. The van der Waals surface area contributed by atoms with E-state index in [1.54, 1.807) is 12.2 Å². The number of rotatable bonds is 9. The molecule has 0 aliphatic heterocycles. The van der Waals surface area contributed by atoms with E-state index in [4.69, 9.17) is 9.79 Å². The van der Waals surface area contributed by atoms with Gasteiger partial charge >= 0.3 is 16.5 Å². The molecule has 0 spiro atoms. The largest absolute Gasteiger partial charge is 0.696 e. The summed E-state index contributed by atoms with van der Waals surface area (Å²) >= 11 is 0. The van der Waals surface area contributed by atoms with Gasteiger partial charge in [0.1, 0.15) is 5.76 Å². The number of aliphatic hydroxyl groups is 1. The molecule has 0 saturated heterocycles. The van der Waals surface area contributed by atoms with Crippen LogP contribution < -0.4 is 0 Å². The van der Waals surface area contributed by atoms with Crippen LogP contribution in [0.4, 0.5) is 0 Å². The normalized spacial score (nSPS) is 19.9. The zero-order valence-corrected chi connectivity index (χ0v) is 12.5. The van der Waals surface area contributed by atoms with Crippen molar-refractivity contribution >= 4 is 16.5 Å². The topological polar surface area (TPSA) is 117 Å². The van der Waals surface area contributed by atoms with Gasteiger partial charge in [0.2, 0.25) is 0 Å². The lowest BCUT2D eigenvalue weighted by Crippen LogP contribution is -2.29. The van der Waals surface area contributed by atoms with E-state index in [0.717, 1.165) is 0 Å². The Labute approximate surface area is 118 Å². The van der Waals surface area contributed by atoms with E-state index in [0.29, 0.717) is 19.4 Å². The van der Waals surface area contributed by atoms with Gasteiger partial charge in [-0.05, 0) is 30.9 Å². The van der Waals surface area contributed by atoms with Crippen molar-refractivity contribution in [2.24, 2.45) is 5.92 Å². The fraction of sp³-hybridized carbons (Fsp3) is 0.600. The van der Waals surface area contributed by atoms with Crippen molar-refractivity contribution in [3.05, 3.63) is 24.0 Å². The highest BCUT2D eigenvalue weighted by Gasteiger charge is 2.21. The molecule has 0 fully saturated rings. The molecule has 1 aliphatic carbocycles. The average molecular weight is 325 g/mol. The van der Waals surface area contributed by atoms with Crippen LogP contribution in [0.15, 0.2) is 24.0 Å². The molecule has 8 nitrogen and oxygen atoms in total. The lowest BCUT2D eigenvalue weighted by Gasteiger charge is -2.19. The maximum atomic E-state index is 10.5. The second-order valence-corrected chi connectivity index (χ2v) is 5.63. The third kappa shape index (κ3) is 7.77. The average Bonchev–Trinajstić information content (AvgIpc) is 2.39. The van der Waals surface area contributed by atoms with Gasteiger partial charge in [-0.25, -0.2) is 4.90 Å². The summed E-state index contributed by atoms with van der Waals surface area (Å²) < 4.78 is 30.1. The Kier molecular flexibility index (Phi) is 8.02. The van der Waals surface area contributed by atoms with Crippen LogP contribution >= 0.6 is 16.5 Å². The number of allylic oxidation sites excluding steroid dienone is 3. The molecule has 0 bridgehead atoms. The predicted octanol–water partition coefficient (Wildman–Crippen LogP) is 1.94. The Morgan fingerprint density at radius 3 is 2.30 bits per heavy atom. The molecule has 1 rings (SSSR count). The molecule has 0 heterocycles. The highest BCUT2D eigenvalue weighted by molar-refractivity contribution is 7.32. The lowest BCUT2D eigenvalue weighted by atomic mass is 9.96. The molecule has 0 aromatic rings. The minimum Gasteiger partial charge on any atom is -0.508 e. The molecular formula is C10H17NO7P2+2. The van der Waals surface area contributed by atoms with E-state index in [2.05, 4.69) is 9.05 Å². The first kappa shape index (κ1) is 17.3.